The van der Waals surface area contributed by atoms with Gasteiger partial charge in [-0.25, -0.2) is 0 Å². The summed E-state index contributed by atoms with van der Waals surface area (Å²) in [5, 5.41) is 2.03. The second-order valence-corrected chi connectivity index (χ2v) is 27.3. The standard InChI is InChI=1S/C28H23N4O.C21H28GeN.Ir/c1-17(2)23-12-24-25(15-30-23)32(16-19-8-5-4-6-9-19)28(31-24)21-11-7-10-20-22-14-29-13-18(3)26(22)33-27(20)21;1-22(2,3)20-16-23-21(18-12-8-5-9-13-18)15-19(20)14-17-10-6-4-7-11-17;/h4-10,12-15,17H,16H2,1-3H3;5,8-9,12,15-17H,4,6-7,10-11,14H2,1-3H3;/q2*-1;. The molecular weight excluding hydrogens is 939 g/mol. The van der Waals surface area contributed by atoms with Gasteiger partial charge in [0.05, 0.1) is 28.6 Å². The van der Waals surface area contributed by atoms with E-state index in [1.54, 1.807) is 9.96 Å². The van der Waals surface area contributed by atoms with Gasteiger partial charge in [-0.15, -0.1) is 18.2 Å². The predicted molar refractivity (Wildman–Crippen MR) is 233 cm³/mol. The average Bonchev–Trinajstić information content (AvgIpc) is 3.78. The summed E-state index contributed by atoms with van der Waals surface area (Å²) in [5.74, 6) is 9.48. The third-order valence-electron chi connectivity index (χ3n) is 11.2. The second-order valence-electron chi connectivity index (χ2n) is 16.8. The monoisotopic (exact) mass is 992 g/mol. The quantitative estimate of drug-likeness (QED) is 0.112. The van der Waals surface area contributed by atoms with E-state index in [9.17, 15) is 0 Å². The molecule has 6 nitrogen and oxygen atoms in total. The van der Waals surface area contributed by atoms with Gasteiger partial charge in [0.15, 0.2) is 0 Å². The zero-order valence-corrected chi connectivity index (χ0v) is 38.4. The molecule has 1 fully saturated rings. The molecule has 0 atom stereocenters. The first-order valence-electron chi connectivity index (χ1n) is 20.2. The Morgan fingerprint density at radius 2 is 1.61 bits per heavy atom. The van der Waals surface area contributed by atoms with Crippen molar-refractivity contribution in [3.05, 3.63) is 138 Å². The molecule has 0 N–H and O–H groups in total. The molecule has 293 valence electrons. The molecule has 57 heavy (non-hydrogen) atoms. The number of benzene rings is 3. The van der Waals surface area contributed by atoms with E-state index < -0.39 is 13.3 Å². The van der Waals surface area contributed by atoms with Gasteiger partial charge in [0.2, 0.25) is 0 Å². The first-order chi connectivity index (χ1) is 27.1. The summed E-state index contributed by atoms with van der Waals surface area (Å²) in [6.07, 6.45) is 16.2. The Morgan fingerprint density at radius 3 is 2.35 bits per heavy atom. The molecule has 8 heteroatoms. The molecule has 5 aromatic heterocycles. The maximum atomic E-state index is 6.39. The normalized spacial score (nSPS) is 13.5. The van der Waals surface area contributed by atoms with Gasteiger partial charge in [0.1, 0.15) is 5.58 Å². The van der Waals surface area contributed by atoms with Crippen molar-refractivity contribution < 1.29 is 24.5 Å². The van der Waals surface area contributed by atoms with E-state index in [1.165, 1.54) is 44.1 Å². The number of aryl methyl sites for hydroxylation is 1. The van der Waals surface area contributed by atoms with Crippen LogP contribution < -0.4 is 4.40 Å². The van der Waals surface area contributed by atoms with E-state index in [2.05, 4.69) is 108 Å². The van der Waals surface area contributed by atoms with Crippen LogP contribution in [0.1, 0.15) is 74.3 Å². The van der Waals surface area contributed by atoms with Crippen molar-refractivity contribution in [3.63, 3.8) is 0 Å². The Hall–Kier alpha value is -4.43. The van der Waals surface area contributed by atoms with Gasteiger partial charge < -0.3 is 8.98 Å². The first-order valence-corrected chi connectivity index (χ1v) is 27.5. The molecule has 0 saturated heterocycles. The van der Waals surface area contributed by atoms with Crippen molar-refractivity contribution in [2.75, 3.05) is 0 Å². The zero-order chi connectivity index (χ0) is 38.8. The summed E-state index contributed by atoms with van der Waals surface area (Å²) in [6.45, 7) is 7.00. The molecule has 0 spiro atoms. The van der Waals surface area contributed by atoms with Crippen LogP contribution in [0.4, 0.5) is 0 Å². The van der Waals surface area contributed by atoms with Gasteiger partial charge in [-0.3, -0.25) is 15.0 Å². The number of fused-ring (bicyclic) bond motifs is 4. The minimum atomic E-state index is -1.89. The molecule has 0 amide bonds. The third kappa shape index (κ3) is 8.86. The maximum absolute atomic E-state index is 6.39. The number of imidazole rings is 1. The third-order valence-corrected chi connectivity index (χ3v) is 15.5. The van der Waals surface area contributed by atoms with Gasteiger partial charge in [-0.1, -0.05) is 55.1 Å². The minimum absolute atomic E-state index is 0. The van der Waals surface area contributed by atoms with Crippen molar-refractivity contribution >= 4 is 50.6 Å². The molecular formula is C49H51GeIrN5O-2. The number of hydrogen-bond donors (Lipinski definition) is 0. The van der Waals surface area contributed by atoms with Crippen LogP contribution in [-0.2, 0) is 33.1 Å². The fraction of sp³-hybridized carbons (Fsp3) is 0.306. The Kier molecular flexibility index (Phi) is 12.6. The minimum Gasteiger partial charge on any atom is 0 e. The second kappa shape index (κ2) is 17.6. The maximum Gasteiger partial charge on any atom is 0 e. The SMILES string of the molecule is Cc1cncc2c1oc1c(-c3nc4cc(C(C)C)ncc4n3Cc3ccccc3)[c-]ccc12.[CH3][Ge]([CH3])([CH3])[c]1cnc(-c2[c-]cccc2)cc1CC1CCCCC1.[Ir]. The smallest absolute Gasteiger partial charge is 0 e. The van der Waals surface area contributed by atoms with E-state index in [0.29, 0.717) is 12.5 Å². The van der Waals surface area contributed by atoms with Crippen LogP contribution in [0, 0.1) is 25.0 Å². The summed E-state index contributed by atoms with van der Waals surface area (Å²) in [5.41, 5.74) is 11.4. The molecule has 3 aromatic carbocycles. The van der Waals surface area contributed by atoms with Crippen molar-refractivity contribution in [3.8, 4) is 22.6 Å². The fourth-order valence-electron chi connectivity index (χ4n) is 8.17. The number of furan rings is 1. The van der Waals surface area contributed by atoms with E-state index in [4.69, 9.17) is 19.4 Å². The molecule has 9 rings (SSSR count). The fourth-order valence-corrected chi connectivity index (χ4v) is 11.5. The van der Waals surface area contributed by atoms with Crippen molar-refractivity contribution in [2.45, 2.75) is 89.0 Å². The van der Waals surface area contributed by atoms with Crippen LogP contribution in [0.3, 0.4) is 0 Å². The molecule has 1 radical (unpaired) electrons. The Bertz CT molecular complexity index is 2600. The molecule has 0 bridgehead atoms. The number of nitrogens with zero attached hydrogens (tertiary/aromatic N) is 5. The van der Waals surface area contributed by atoms with Crippen LogP contribution in [0.2, 0.25) is 17.3 Å². The van der Waals surface area contributed by atoms with Crippen LogP contribution >= 0.6 is 0 Å². The van der Waals surface area contributed by atoms with Crippen molar-refractivity contribution in [1.82, 2.24) is 24.5 Å². The number of hydrogen-bond acceptors (Lipinski definition) is 5. The molecule has 1 aliphatic carbocycles. The molecule has 1 saturated carbocycles. The van der Waals surface area contributed by atoms with E-state index >= 15 is 0 Å². The Morgan fingerprint density at radius 1 is 0.825 bits per heavy atom. The summed E-state index contributed by atoms with van der Waals surface area (Å²) in [4.78, 5) is 19.0. The summed E-state index contributed by atoms with van der Waals surface area (Å²) < 4.78 is 10.2. The van der Waals surface area contributed by atoms with Crippen LogP contribution in [0.5, 0.6) is 0 Å². The van der Waals surface area contributed by atoms with Gasteiger partial charge in [-0.2, -0.15) is 0 Å². The number of rotatable bonds is 8. The summed E-state index contributed by atoms with van der Waals surface area (Å²) in [6, 6.07) is 33.8. The van der Waals surface area contributed by atoms with Gasteiger partial charge >= 0.3 is 144 Å². The summed E-state index contributed by atoms with van der Waals surface area (Å²) in [7, 11) is 0. The zero-order valence-electron chi connectivity index (χ0n) is 33.9. The average molecular weight is 991 g/mol. The van der Waals surface area contributed by atoms with E-state index in [0.717, 1.165) is 72.8 Å². The summed E-state index contributed by atoms with van der Waals surface area (Å²) >= 11 is -1.89. The topological polar surface area (TPSA) is 69.6 Å². The van der Waals surface area contributed by atoms with Gasteiger partial charge in [0, 0.05) is 55.7 Å². The molecule has 8 aromatic rings. The van der Waals surface area contributed by atoms with Crippen LogP contribution in [0.15, 0.2) is 108 Å². The Labute approximate surface area is 353 Å². The van der Waals surface area contributed by atoms with Gasteiger partial charge in [0.25, 0.3) is 0 Å². The van der Waals surface area contributed by atoms with Crippen LogP contribution in [0.25, 0.3) is 55.6 Å². The largest absolute Gasteiger partial charge is 0 e. The first kappa shape index (κ1) is 40.8. The molecule has 0 unspecified atom stereocenters. The Balaban J connectivity index is 0.000000183. The molecule has 5 heterocycles. The number of aromatic nitrogens is 5. The van der Waals surface area contributed by atoms with E-state index in [1.807, 2.05) is 55.8 Å². The van der Waals surface area contributed by atoms with Crippen molar-refractivity contribution in [2.24, 2.45) is 5.92 Å². The van der Waals surface area contributed by atoms with Crippen molar-refractivity contribution in [1.29, 1.82) is 0 Å². The van der Waals surface area contributed by atoms with Crippen LogP contribution in [-0.4, -0.2) is 37.8 Å². The predicted octanol–water partition coefficient (Wildman–Crippen LogP) is 11.9. The van der Waals surface area contributed by atoms with E-state index in [-0.39, 0.29) is 20.1 Å². The molecule has 0 aliphatic heterocycles. The molecule has 1 aliphatic rings. The van der Waals surface area contributed by atoms with Gasteiger partial charge in [-0.05, 0) is 24.5 Å². The number of pyridine rings is 3.